The van der Waals surface area contributed by atoms with E-state index in [4.69, 9.17) is 5.26 Å². The number of hydrogen-bond acceptors (Lipinski definition) is 3. The summed E-state index contributed by atoms with van der Waals surface area (Å²) in [6.07, 6.45) is 2.41. The molecule has 1 aliphatic carbocycles. The predicted molar refractivity (Wildman–Crippen MR) is 67.5 cm³/mol. The van der Waals surface area contributed by atoms with Crippen LogP contribution < -0.4 is 0 Å². The number of hydrogen-bond donors (Lipinski definition) is 0. The molecule has 1 aromatic carbocycles. The first-order chi connectivity index (χ1) is 9.61. The normalized spacial score (nSPS) is 24.9. The van der Waals surface area contributed by atoms with Crippen molar-refractivity contribution in [3.05, 3.63) is 35.1 Å². The van der Waals surface area contributed by atoms with E-state index < -0.39 is 5.82 Å². The molecule has 1 heterocycles. The van der Waals surface area contributed by atoms with Crippen molar-refractivity contribution in [2.24, 2.45) is 11.8 Å². The number of carbonyl (C=O) groups is 2. The lowest BCUT2D eigenvalue weighted by molar-refractivity contribution is -0.141. The molecule has 0 aromatic heterocycles. The minimum Gasteiger partial charge on any atom is -0.278 e. The third-order valence-corrected chi connectivity index (χ3v) is 4.20. The molecule has 1 aromatic rings. The molecule has 1 aliphatic heterocycles. The van der Waals surface area contributed by atoms with Crippen LogP contribution in [-0.4, -0.2) is 16.7 Å². The second-order valence-corrected chi connectivity index (χ2v) is 5.32. The third kappa shape index (κ3) is 1.88. The quantitative estimate of drug-likeness (QED) is 0.773. The largest absolute Gasteiger partial charge is 0.278 e. The van der Waals surface area contributed by atoms with Crippen molar-refractivity contribution in [3.8, 4) is 6.07 Å². The summed E-state index contributed by atoms with van der Waals surface area (Å²) in [6.45, 7) is -0.00861. The zero-order valence-corrected chi connectivity index (χ0v) is 10.8. The number of nitriles is 1. The van der Waals surface area contributed by atoms with Crippen molar-refractivity contribution in [1.29, 1.82) is 5.26 Å². The van der Waals surface area contributed by atoms with E-state index in [1.165, 1.54) is 23.1 Å². The van der Waals surface area contributed by atoms with Gasteiger partial charge in [0.2, 0.25) is 11.8 Å². The summed E-state index contributed by atoms with van der Waals surface area (Å²) in [6, 6.07) is 5.75. The minimum absolute atomic E-state index is 0.00861. The fraction of sp³-hybridized carbons (Fsp3) is 0.400. The molecule has 5 heteroatoms. The monoisotopic (exact) mass is 272 g/mol. The van der Waals surface area contributed by atoms with Gasteiger partial charge in [-0.3, -0.25) is 14.5 Å². The van der Waals surface area contributed by atoms with E-state index in [-0.39, 0.29) is 30.2 Å². The lowest BCUT2D eigenvalue weighted by Crippen LogP contribution is -2.31. The summed E-state index contributed by atoms with van der Waals surface area (Å²) >= 11 is 0. The first-order valence-electron chi connectivity index (χ1n) is 6.65. The van der Waals surface area contributed by atoms with E-state index in [1.54, 1.807) is 0 Å². The standard InChI is InChI=1S/C15H13FN2O2/c16-11-5-4-9(7-17)10(6-11)8-18-14(19)12-2-1-3-13(12)15(18)20/h4-6,12-13H,1-3,8H2. The minimum atomic E-state index is -0.474. The van der Waals surface area contributed by atoms with Crippen molar-refractivity contribution < 1.29 is 14.0 Å². The van der Waals surface area contributed by atoms with Gasteiger partial charge in [0.05, 0.1) is 30.0 Å². The molecule has 2 fully saturated rings. The third-order valence-electron chi connectivity index (χ3n) is 4.20. The van der Waals surface area contributed by atoms with Gasteiger partial charge < -0.3 is 0 Å². The molecule has 4 nitrogen and oxygen atoms in total. The second kappa shape index (κ2) is 4.71. The van der Waals surface area contributed by atoms with Crippen molar-refractivity contribution in [2.75, 3.05) is 0 Å². The number of likely N-dealkylation sites (tertiary alicyclic amines) is 1. The number of carbonyl (C=O) groups excluding carboxylic acids is 2. The Kier molecular flexibility index (Phi) is 3.01. The van der Waals surface area contributed by atoms with Crippen LogP contribution in [0.25, 0.3) is 0 Å². The smallest absolute Gasteiger partial charge is 0.233 e. The van der Waals surface area contributed by atoms with Crippen molar-refractivity contribution in [1.82, 2.24) is 4.90 Å². The van der Waals surface area contributed by atoms with Crippen LogP contribution in [0.15, 0.2) is 18.2 Å². The molecule has 102 valence electrons. The molecule has 1 saturated carbocycles. The summed E-state index contributed by atoms with van der Waals surface area (Å²) in [7, 11) is 0. The Morgan fingerprint density at radius 3 is 2.50 bits per heavy atom. The predicted octanol–water partition coefficient (Wildman–Crippen LogP) is 1.98. The Bertz CT molecular complexity index is 613. The maximum Gasteiger partial charge on any atom is 0.233 e. The molecule has 0 radical (unpaired) electrons. The van der Waals surface area contributed by atoms with Gasteiger partial charge in [-0.15, -0.1) is 0 Å². The van der Waals surface area contributed by atoms with Gasteiger partial charge in [-0.1, -0.05) is 6.42 Å². The van der Waals surface area contributed by atoms with E-state index >= 15 is 0 Å². The van der Waals surface area contributed by atoms with Crippen LogP contribution in [0.4, 0.5) is 4.39 Å². The average molecular weight is 272 g/mol. The summed E-state index contributed by atoms with van der Waals surface area (Å²) in [4.78, 5) is 25.6. The molecule has 1 saturated heterocycles. The lowest BCUT2D eigenvalue weighted by Gasteiger charge is -2.16. The number of amides is 2. The number of nitrogens with zero attached hydrogens (tertiary/aromatic N) is 2. The maximum atomic E-state index is 13.3. The van der Waals surface area contributed by atoms with Gasteiger partial charge in [0.15, 0.2) is 0 Å². The van der Waals surface area contributed by atoms with Crippen LogP contribution in [0, 0.1) is 29.0 Å². The highest BCUT2D eigenvalue weighted by Gasteiger charge is 2.49. The van der Waals surface area contributed by atoms with Gasteiger partial charge in [-0.25, -0.2) is 4.39 Å². The second-order valence-electron chi connectivity index (χ2n) is 5.32. The van der Waals surface area contributed by atoms with E-state index in [2.05, 4.69) is 0 Å². The molecular weight excluding hydrogens is 259 g/mol. The average Bonchev–Trinajstić information content (AvgIpc) is 2.99. The molecule has 2 atom stereocenters. The van der Waals surface area contributed by atoms with Crippen LogP contribution in [0.5, 0.6) is 0 Å². The van der Waals surface area contributed by atoms with Crippen LogP contribution in [0.3, 0.4) is 0 Å². The van der Waals surface area contributed by atoms with Crippen molar-refractivity contribution in [2.45, 2.75) is 25.8 Å². The molecule has 20 heavy (non-hydrogen) atoms. The van der Waals surface area contributed by atoms with E-state index in [0.29, 0.717) is 11.1 Å². The van der Waals surface area contributed by atoms with E-state index in [1.807, 2.05) is 6.07 Å². The lowest BCUT2D eigenvalue weighted by atomic mass is 10.00. The van der Waals surface area contributed by atoms with E-state index in [0.717, 1.165) is 19.3 Å². The van der Waals surface area contributed by atoms with Crippen molar-refractivity contribution >= 4 is 11.8 Å². The van der Waals surface area contributed by atoms with Gasteiger partial charge in [0.1, 0.15) is 5.82 Å². The molecule has 2 amide bonds. The van der Waals surface area contributed by atoms with Crippen LogP contribution in [-0.2, 0) is 16.1 Å². The Labute approximate surface area is 115 Å². The van der Waals surface area contributed by atoms with Gasteiger partial charge in [-0.2, -0.15) is 5.26 Å². The van der Waals surface area contributed by atoms with Gasteiger partial charge in [0.25, 0.3) is 0 Å². The topological polar surface area (TPSA) is 61.2 Å². The molecule has 3 rings (SSSR count). The fourth-order valence-corrected chi connectivity index (χ4v) is 3.19. The molecule has 0 spiro atoms. The van der Waals surface area contributed by atoms with Gasteiger partial charge in [0, 0.05) is 0 Å². The zero-order chi connectivity index (χ0) is 14.3. The Balaban J connectivity index is 1.89. The van der Waals surface area contributed by atoms with Crippen LogP contribution in [0.2, 0.25) is 0 Å². The highest BCUT2D eigenvalue weighted by Crippen LogP contribution is 2.40. The molecular formula is C15H13FN2O2. The van der Waals surface area contributed by atoms with Gasteiger partial charge >= 0.3 is 0 Å². The van der Waals surface area contributed by atoms with Crippen LogP contribution >= 0.6 is 0 Å². The summed E-state index contributed by atoms with van der Waals surface area (Å²) in [5.41, 5.74) is 0.679. The summed E-state index contributed by atoms with van der Waals surface area (Å²) < 4.78 is 13.3. The van der Waals surface area contributed by atoms with Crippen molar-refractivity contribution in [3.63, 3.8) is 0 Å². The fourth-order valence-electron chi connectivity index (χ4n) is 3.19. The summed E-state index contributed by atoms with van der Waals surface area (Å²) in [5, 5.41) is 9.02. The first kappa shape index (κ1) is 12.8. The summed E-state index contributed by atoms with van der Waals surface area (Å²) in [5.74, 6) is -1.24. The zero-order valence-electron chi connectivity index (χ0n) is 10.8. The first-order valence-corrected chi connectivity index (χ1v) is 6.65. The number of fused-ring (bicyclic) bond motifs is 1. The van der Waals surface area contributed by atoms with Gasteiger partial charge in [-0.05, 0) is 36.6 Å². The number of rotatable bonds is 2. The Morgan fingerprint density at radius 2 is 1.90 bits per heavy atom. The number of benzene rings is 1. The molecule has 0 N–H and O–H groups in total. The highest BCUT2D eigenvalue weighted by molar-refractivity contribution is 6.05. The number of imide groups is 1. The highest BCUT2D eigenvalue weighted by atomic mass is 19.1. The maximum absolute atomic E-state index is 13.3. The number of halogens is 1. The Hall–Kier alpha value is -2.22. The Morgan fingerprint density at radius 1 is 1.25 bits per heavy atom. The van der Waals surface area contributed by atoms with Crippen LogP contribution in [0.1, 0.15) is 30.4 Å². The molecule has 2 unspecified atom stereocenters. The van der Waals surface area contributed by atoms with E-state index in [9.17, 15) is 14.0 Å². The molecule has 0 bridgehead atoms. The SMILES string of the molecule is N#Cc1ccc(F)cc1CN1C(=O)C2CCCC2C1=O. The molecule has 2 aliphatic rings.